The lowest BCUT2D eigenvalue weighted by Gasteiger charge is -2.13. The van der Waals surface area contributed by atoms with Crippen LogP contribution in [0.1, 0.15) is 23.1 Å². The number of aliphatic hydroxyl groups is 1. The van der Waals surface area contributed by atoms with E-state index >= 15 is 0 Å². The van der Waals surface area contributed by atoms with Gasteiger partial charge in [0.1, 0.15) is 12.9 Å². The van der Waals surface area contributed by atoms with E-state index in [-0.39, 0.29) is 23.5 Å². The van der Waals surface area contributed by atoms with E-state index in [9.17, 15) is 9.90 Å². The monoisotopic (exact) mass is 413 g/mol. The Balaban J connectivity index is 1.33. The highest BCUT2D eigenvalue weighted by atomic mass is 16.5. The number of hydrogen-bond acceptors (Lipinski definition) is 5. The van der Waals surface area contributed by atoms with Crippen molar-refractivity contribution >= 4 is 0 Å². The normalized spacial score (nSPS) is 11.8. The second-order valence-corrected chi connectivity index (χ2v) is 7.13. The lowest BCUT2D eigenvalue weighted by atomic mass is 10.0. The predicted molar refractivity (Wildman–Crippen MR) is 119 cm³/mol. The molecule has 0 saturated carbocycles. The minimum atomic E-state index is -1.11. The molecule has 1 heterocycles. The van der Waals surface area contributed by atoms with Gasteiger partial charge in [-0.05, 0) is 22.3 Å². The average Bonchev–Trinajstić information content (AvgIpc) is 2.83. The van der Waals surface area contributed by atoms with E-state index in [1.807, 2.05) is 72.8 Å². The van der Waals surface area contributed by atoms with Gasteiger partial charge in [0.15, 0.2) is 12.0 Å². The van der Waals surface area contributed by atoms with Crippen LogP contribution in [-0.4, -0.2) is 5.11 Å². The van der Waals surface area contributed by atoms with Gasteiger partial charge in [0.05, 0.1) is 0 Å². The molecule has 3 aromatic carbocycles. The van der Waals surface area contributed by atoms with Crippen molar-refractivity contribution in [3.63, 3.8) is 0 Å². The molecule has 0 aliphatic rings. The summed E-state index contributed by atoms with van der Waals surface area (Å²) in [6, 6.07) is 29.0. The molecular formula is C26H23NO4. The fourth-order valence-electron chi connectivity index (χ4n) is 3.16. The number of hydrogen-bond donors (Lipinski definition) is 2. The fourth-order valence-corrected chi connectivity index (χ4v) is 3.16. The summed E-state index contributed by atoms with van der Waals surface area (Å²) in [6.45, 7) is 0.691. The van der Waals surface area contributed by atoms with E-state index in [1.54, 1.807) is 0 Å². The first-order valence-corrected chi connectivity index (χ1v) is 10.0. The zero-order valence-electron chi connectivity index (χ0n) is 16.9. The van der Waals surface area contributed by atoms with Crippen molar-refractivity contribution in [2.45, 2.75) is 19.4 Å². The molecule has 0 aliphatic heterocycles. The molecule has 4 aromatic rings. The van der Waals surface area contributed by atoms with E-state index in [0.717, 1.165) is 22.3 Å². The zero-order chi connectivity index (χ0) is 21.5. The minimum absolute atomic E-state index is 0.108. The summed E-state index contributed by atoms with van der Waals surface area (Å²) in [4.78, 5) is 12.3. The molecule has 5 nitrogen and oxygen atoms in total. The minimum Gasteiger partial charge on any atom is -0.482 e. The highest BCUT2D eigenvalue weighted by Crippen LogP contribution is 2.20. The van der Waals surface area contributed by atoms with Crippen LogP contribution in [0.2, 0.25) is 0 Å². The molecule has 5 heteroatoms. The van der Waals surface area contributed by atoms with Crippen molar-refractivity contribution in [1.82, 2.24) is 5.32 Å². The zero-order valence-corrected chi connectivity index (χ0v) is 16.9. The first-order chi connectivity index (χ1) is 15.2. The first-order valence-electron chi connectivity index (χ1n) is 10.0. The number of aliphatic hydroxyl groups excluding tert-OH is 1. The predicted octanol–water partition coefficient (Wildman–Crippen LogP) is 4.67. The van der Waals surface area contributed by atoms with Gasteiger partial charge in [-0.15, -0.1) is 0 Å². The molecule has 1 unspecified atom stereocenters. The Morgan fingerprint density at radius 3 is 2.16 bits per heavy atom. The Morgan fingerprint density at radius 1 is 0.839 bits per heavy atom. The molecule has 0 bridgehead atoms. The third-order valence-corrected chi connectivity index (χ3v) is 4.89. The summed E-state index contributed by atoms with van der Waals surface area (Å²) in [5.41, 5.74) is 3.89. The van der Waals surface area contributed by atoms with Gasteiger partial charge in [0, 0.05) is 12.6 Å². The largest absolute Gasteiger partial charge is 0.482 e. The highest BCUT2D eigenvalue weighted by Gasteiger charge is 2.13. The molecule has 4 rings (SSSR count). The molecule has 156 valence electrons. The Bertz CT molecular complexity index is 1160. The quantitative estimate of drug-likeness (QED) is 0.411. The summed E-state index contributed by atoms with van der Waals surface area (Å²) in [7, 11) is 0. The van der Waals surface area contributed by atoms with Crippen molar-refractivity contribution < 1.29 is 14.3 Å². The second kappa shape index (κ2) is 9.89. The molecule has 1 atom stereocenters. The lowest BCUT2D eigenvalue weighted by molar-refractivity contribution is 0.108. The van der Waals surface area contributed by atoms with Gasteiger partial charge in [-0.1, -0.05) is 84.9 Å². The Kier molecular flexibility index (Phi) is 6.57. The molecule has 0 saturated heterocycles. The molecule has 0 radical (unpaired) electrons. The van der Waals surface area contributed by atoms with Gasteiger partial charge in [0.25, 0.3) is 0 Å². The lowest BCUT2D eigenvalue weighted by Crippen LogP contribution is -2.21. The third kappa shape index (κ3) is 5.48. The maximum absolute atomic E-state index is 12.3. The topological polar surface area (TPSA) is 71.7 Å². The maximum atomic E-state index is 12.3. The highest BCUT2D eigenvalue weighted by molar-refractivity contribution is 5.63. The summed E-state index contributed by atoms with van der Waals surface area (Å²) < 4.78 is 10.9. The molecular weight excluding hydrogens is 390 g/mol. The Morgan fingerprint density at radius 2 is 1.48 bits per heavy atom. The Hall–Kier alpha value is -3.67. The molecule has 31 heavy (non-hydrogen) atoms. The molecule has 0 spiro atoms. The molecule has 0 aliphatic carbocycles. The first kappa shape index (κ1) is 20.6. The third-order valence-electron chi connectivity index (χ3n) is 4.89. The van der Waals surface area contributed by atoms with Crippen LogP contribution in [0, 0.1) is 0 Å². The summed E-state index contributed by atoms with van der Waals surface area (Å²) >= 11 is 0. The van der Waals surface area contributed by atoms with Crippen LogP contribution in [0.4, 0.5) is 0 Å². The summed E-state index contributed by atoms with van der Waals surface area (Å²) in [6.07, 6.45) is 0.129. The van der Waals surface area contributed by atoms with Gasteiger partial charge >= 0.3 is 0 Å². The smallest absolute Gasteiger partial charge is 0.227 e. The van der Waals surface area contributed by atoms with Crippen LogP contribution in [0.15, 0.2) is 106 Å². The number of benzene rings is 3. The van der Waals surface area contributed by atoms with Gasteiger partial charge in [-0.2, -0.15) is 0 Å². The Labute approximate surface area is 180 Å². The summed E-state index contributed by atoms with van der Waals surface area (Å²) in [5, 5.41) is 13.3. The van der Waals surface area contributed by atoms with Crippen LogP contribution in [0.25, 0.3) is 11.1 Å². The fraction of sp³-hybridized carbons (Fsp3) is 0.115. The molecule has 0 fully saturated rings. The van der Waals surface area contributed by atoms with Crippen molar-refractivity contribution in [3.05, 3.63) is 124 Å². The SMILES string of the molecule is O=c1cc(C(O)NCc2ccc(-c3ccccc3)cc2)occ1OCc1ccccc1. The second-order valence-electron chi connectivity index (χ2n) is 7.13. The molecule has 2 N–H and O–H groups in total. The van der Waals surface area contributed by atoms with Crippen molar-refractivity contribution in [3.8, 4) is 16.9 Å². The van der Waals surface area contributed by atoms with Gasteiger partial charge in [0.2, 0.25) is 11.2 Å². The standard InChI is InChI=1S/C26H23NO4/c28-23-15-24(31-18-25(23)30-17-20-7-3-1-4-8-20)26(29)27-16-19-11-13-22(14-12-19)21-9-5-2-6-10-21/h1-15,18,26-27,29H,16-17H2. The van der Waals surface area contributed by atoms with E-state index in [2.05, 4.69) is 17.4 Å². The van der Waals surface area contributed by atoms with E-state index in [0.29, 0.717) is 6.54 Å². The number of rotatable bonds is 8. The van der Waals surface area contributed by atoms with E-state index < -0.39 is 6.23 Å². The van der Waals surface area contributed by atoms with Gasteiger partial charge in [-0.25, -0.2) is 0 Å². The van der Waals surface area contributed by atoms with Gasteiger partial charge in [-0.3, -0.25) is 10.1 Å². The van der Waals surface area contributed by atoms with Gasteiger partial charge < -0.3 is 14.3 Å². The van der Waals surface area contributed by atoms with Crippen LogP contribution in [0.5, 0.6) is 5.75 Å². The van der Waals surface area contributed by atoms with Crippen molar-refractivity contribution in [1.29, 1.82) is 0 Å². The van der Waals surface area contributed by atoms with E-state index in [1.165, 1.54) is 12.3 Å². The number of ether oxygens (including phenoxy) is 1. The maximum Gasteiger partial charge on any atom is 0.227 e. The van der Waals surface area contributed by atoms with E-state index in [4.69, 9.17) is 9.15 Å². The average molecular weight is 413 g/mol. The van der Waals surface area contributed by atoms with Crippen molar-refractivity contribution in [2.24, 2.45) is 0 Å². The van der Waals surface area contributed by atoms with Crippen LogP contribution in [0.3, 0.4) is 0 Å². The van der Waals surface area contributed by atoms with Crippen LogP contribution in [-0.2, 0) is 13.2 Å². The van der Waals surface area contributed by atoms with Crippen LogP contribution < -0.4 is 15.5 Å². The molecule has 0 amide bonds. The van der Waals surface area contributed by atoms with Crippen molar-refractivity contribution in [2.75, 3.05) is 0 Å². The number of nitrogens with one attached hydrogen (secondary N) is 1. The summed E-state index contributed by atoms with van der Waals surface area (Å²) in [5.74, 6) is 0.245. The van der Waals surface area contributed by atoms with Crippen LogP contribution >= 0.6 is 0 Å². The molecule has 1 aromatic heterocycles.